The van der Waals surface area contributed by atoms with Gasteiger partial charge in [-0.3, -0.25) is 15.1 Å². The lowest BCUT2D eigenvalue weighted by Crippen LogP contribution is -2.03. The van der Waals surface area contributed by atoms with Crippen molar-refractivity contribution in [1.82, 2.24) is 15.0 Å². The van der Waals surface area contributed by atoms with Gasteiger partial charge in [0.15, 0.2) is 0 Å². The van der Waals surface area contributed by atoms with Gasteiger partial charge in [0, 0.05) is 6.20 Å². The molecule has 0 saturated heterocycles. The molecule has 0 amide bonds. The van der Waals surface area contributed by atoms with E-state index in [2.05, 4.69) is 20.3 Å². The molecule has 0 aliphatic carbocycles. The Labute approximate surface area is 142 Å². The molecule has 9 nitrogen and oxygen atoms in total. The van der Waals surface area contributed by atoms with Crippen LogP contribution in [0.1, 0.15) is 0 Å². The maximum atomic E-state index is 11.5. The predicted molar refractivity (Wildman–Crippen MR) is 89.3 cm³/mol. The number of rotatable bonds is 6. The SMILES string of the molecule is COc1ccc(Oc2ncnc(Nc3cccnc3)c2[N+](=O)[O-])cc1. The van der Waals surface area contributed by atoms with Crippen LogP contribution in [0.5, 0.6) is 17.4 Å². The molecule has 0 saturated carbocycles. The van der Waals surface area contributed by atoms with Crippen molar-refractivity contribution in [2.75, 3.05) is 12.4 Å². The zero-order chi connectivity index (χ0) is 17.6. The molecule has 126 valence electrons. The standard InChI is InChI=1S/C16H13N5O4/c1-24-12-4-6-13(7-5-12)25-16-14(21(22)23)15(18-10-19-16)20-11-3-2-8-17-9-11/h2-10H,1H3,(H,18,19,20). The summed E-state index contributed by atoms with van der Waals surface area (Å²) >= 11 is 0. The number of ether oxygens (including phenoxy) is 2. The summed E-state index contributed by atoms with van der Waals surface area (Å²) in [7, 11) is 1.54. The first kappa shape index (κ1) is 16.1. The molecule has 0 atom stereocenters. The van der Waals surface area contributed by atoms with Gasteiger partial charge in [0.2, 0.25) is 5.82 Å². The first-order valence-electron chi connectivity index (χ1n) is 7.15. The van der Waals surface area contributed by atoms with Crippen LogP contribution in [-0.2, 0) is 0 Å². The summed E-state index contributed by atoms with van der Waals surface area (Å²) in [6, 6.07) is 10.0. The molecule has 1 aromatic carbocycles. The topological polar surface area (TPSA) is 112 Å². The number of hydrogen-bond donors (Lipinski definition) is 1. The molecule has 0 bridgehead atoms. The predicted octanol–water partition coefficient (Wildman–Crippen LogP) is 3.32. The largest absolute Gasteiger partial charge is 0.497 e. The highest BCUT2D eigenvalue weighted by molar-refractivity contribution is 5.68. The Hall–Kier alpha value is -3.75. The first-order valence-corrected chi connectivity index (χ1v) is 7.15. The van der Waals surface area contributed by atoms with Crippen LogP contribution in [0.25, 0.3) is 0 Å². The van der Waals surface area contributed by atoms with Gasteiger partial charge in [-0.25, -0.2) is 4.98 Å². The van der Waals surface area contributed by atoms with Gasteiger partial charge >= 0.3 is 11.6 Å². The lowest BCUT2D eigenvalue weighted by molar-refractivity contribution is -0.385. The van der Waals surface area contributed by atoms with E-state index in [1.807, 2.05) is 0 Å². The molecule has 2 heterocycles. The Morgan fingerprint density at radius 3 is 2.52 bits per heavy atom. The number of nitrogens with one attached hydrogen (secondary N) is 1. The van der Waals surface area contributed by atoms with Gasteiger partial charge in [0.05, 0.1) is 23.9 Å². The van der Waals surface area contributed by atoms with E-state index >= 15 is 0 Å². The highest BCUT2D eigenvalue weighted by Crippen LogP contribution is 2.35. The van der Waals surface area contributed by atoms with Crippen LogP contribution >= 0.6 is 0 Å². The second-order valence-electron chi connectivity index (χ2n) is 4.78. The fourth-order valence-corrected chi connectivity index (χ4v) is 2.02. The number of methoxy groups -OCH3 is 1. The third-order valence-corrected chi connectivity index (χ3v) is 3.17. The summed E-state index contributed by atoms with van der Waals surface area (Å²) in [5.41, 5.74) is 0.182. The lowest BCUT2D eigenvalue weighted by Gasteiger charge is -2.09. The van der Waals surface area contributed by atoms with E-state index < -0.39 is 4.92 Å². The third-order valence-electron chi connectivity index (χ3n) is 3.17. The summed E-state index contributed by atoms with van der Waals surface area (Å²) in [5.74, 6) is 0.867. The number of pyridine rings is 1. The van der Waals surface area contributed by atoms with E-state index in [0.29, 0.717) is 17.2 Å². The van der Waals surface area contributed by atoms with Crippen LogP contribution in [0, 0.1) is 10.1 Å². The maximum absolute atomic E-state index is 11.5. The second kappa shape index (κ2) is 7.21. The molecule has 0 spiro atoms. The van der Waals surface area contributed by atoms with Crippen molar-refractivity contribution in [1.29, 1.82) is 0 Å². The summed E-state index contributed by atoms with van der Waals surface area (Å²) < 4.78 is 10.6. The molecule has 0 unspecified atom stereocenters. The normalized spacial score (nSPS) is 10.1. The Morgan fingerprint density at radius 1 is 1.12 bits per heavy atom. The Bertz CT molecular complexity index is 871. The van der Waals surface area contributed by atoms with Crippen molar-refractivity contribution in [3.8, 4) is 17.4 Å². The number of benzene rings is 1. The fraction of sp³-hybridized carbons (Fsp3) is 0.0625. The van der Waals surface area contributed by atoms with Gasteiger partial charge in [0.25, 0.3) is 0 Å². The second-order valence-corrected chi connectivity index (χ2v) is 4.78. The molecule has 3 aromatic rings. The zero-order valence-corrected chi connectivity index (χ0v) is 13.1. The number of nitrogens with zero attached hydrogens (tertiary/aromatic N) is 4. The van der Waals surface area contributed by atoms with Crippen LogP contribution in [0.2, 0.25) is 0 Å². The molecule has 0 fully saturated rings. The quantitative estimate of drug-likeness (QED) is 0.537. The van der Waals surface area contributed by atoms with E-state index in [9.17, 15) is 10.1 Å². The van der Waals surface area contributed by atoms with Crippen molar-refractivity contribution in [3.05, 3.63) is 65.2 Å². The van der Waals surface area contributed by atoms with E-state index in [-0.39, 0.29) is 17.4 Å². The van der Waals surface area contributed by atoms with Crippen molar-refractivity contribution in [3.63, 3.8) is 0 Å². The molecule has 9 heteroatoms. The van der Waals surface area contributed by atoms with Gasteiger partial charge < -0.3 is 14.8 Å². The highest BCUT2D eigenvalue weighted by Gasteiger charge is 2.25. The lowest BCUT2D eigenvalue weighted by atomic mass is 10.3. The Kier molecular flexibility index (Phi) is 4.65. The molecular formula is C16H13N5O4. The number of anilines is 2. The monoisotopic (exact) mass is 339 g/mol. The molecule has 3 rings (SSSR count). The van der Waals surface area contributed by atoms with Crippen LogP contribution in [0.3, 0.4) is 0 Å². The first-order chi connectivity index (χ1) is 12.2. The molecule has 1 N–H and O–H groups in total. The van der Waals surface area contributed by atoms with Crippen LogP contribution < -0.4 is 14.8 Å². The molecule has 0 aliphatic heterocycles. The van der Waals surface area contributed by atoms with Crippen LogP contribution in [-0.4, -0.2) is 27.0 Å². The van der Waals surface area contributed by atoms with Gasteiger partial charge in [0.1, 0.15) is 17.8 Å². The number of hydrogen-bond acceptors (Lipinski definition) is 8. The van der Waals surface area contributed by atoms with Crippen molar-refractivity contribution < 1.29 is 14.4 Å². The number of aromatic nitrogens is 3. The van der Waals surface area contributed by atoms with E-state index in [1.165, 1.54) is 12.5 Å². The highest BCUT2D eigenvalue weighted by atomic mass is 16.6. The maximum Gasteiger partial charge on any atom is 0.373 e. The summed E-state index contributed by atoms with van der Waals surface area (Å²) in [6.45, 7) is 0. The average molecular weight is 339 g/mol. The van der Waals surface area contributed by atoms with E-state index in [1.54, 1.807) is 49.7 Å². The molecule has 0 radical (unpaired) electrons. The van der Waals surface area contributed by atoms with Crippen LogP contribution in [0.4, 0.5) is 17.2 Å². The van der Waals surface area contributed by atoms with Gasteiger partial charge in [-0.05, 0) is 36.4 Å². The molecular weight excluding hydrogens is 326 g/mol. The van der Waals surface area contributed by atoms with Crippen molar-refractivity contribution in [2.24, 2.45) is 0 Å². The minimum absolute atomic E-state index is 0.0107. The van der Waals surface area contributed by atoms with Gasteiger partial charge in [-0.2, -0.15) is 4.98 Å². The minimum Gasteiger partial charge on any atom is -0.497 e. The molecule has 25 heavy (non-hydrogen) atoms. The summed E-state index contributed by atoms with van der Waals surface area (Å²) in [4.78, 5) is 22.6. The third kappa shape index (κ3) is 3.78. The van der Waals surface area contributed by atoms with E-state index in [0.717, 1.165) is 0 Å². The Balaban J connectivity index is 1.93. The average Bonchev–Trinajstić information content (AvgIpc) is 2.63. The fourth-order valence-electron chi connectivity index (χ4n) is 2.02. The van der Waals surface area contributed by atoms with Gasteiger partial charge in [-0.15, -0.1) is 0 Å². The number of nitro groups is 1. The van der Waals surface area contributed by atoms with Crippen molar-refractivity contribution >= 4 is 17.2 Å². The summed E-state index contributed by atoms with van der Waals surface area (Å²) in [6.07, 6.45) is 4.30. The minimum atomic E-state index is -0.600. The Morgan fingerprint density at radius 2 is 1.88 bits per heavy atom. The zero-order valence-electron chi connectivity index (χ0n) is 13.1. The molecule has 2 aromatic heterocycles. The van der Waals surface area contributed by atoms with Gasteiger partial charge in [-0.1, -0.05) is 0 Å². The molecule has 0 aliphatic rings. The van der Waals surface area contributed by atoms with Crippen LogP contribution in [0.15, 0.2) is 55.1 Å². The van der Waals surface area contributed by atoms with Crippen molar-refractivity contribution in [2.45, 2.75) is 0 Å². The smallest absolute Gasteiger partial charge is 0.373 e. The summed E-state index contributed by atoms with van der Waals surface area (Å²) in [5, 5.41) is 14.3. The van der Waals surface area contributed by atoms with E-state index in [4.69, 9.17) is 9.47 Å².